The number of benzene rings is 2. The number of phenols is 1. The Balaban J connectivity index is 2.27. The van der Waals surface area contributed by atoms with Crippen LogP contribution in [0.3, 0.4) is 0 Å². The molecule has 32 heavy (non-hydrogen) atoms. The minimum absolute atomic E-state index is 0.0820. The number of rotatable bonds is 10. The summed E-state index contributed by atoms with van der Waals surface area (Å²) in [5.74, 6) is -1.67. The summed E-state index contributed by atoms with van der Waals surface area (Å²) >= 11 is 6.78. The lowest BCUT2D eigenvalue weighted by atomic mass is 10.0. The average molecular weight is 595 g/mol. The lowest BCUT2D eigenvalue weighted by molar-refractivity contribution is -0.143. The van der Waals surface area contributed by atoms with Crippen LogP contribution in [0.2, 0.25) is 0 Å². The zero-order valence-electron chi connectivity index (χ0n) is 17.8. The minimum Gasteiger partial charge on any atom is -0.508 e. The number of anilines is 1. The molecule has 11 heteroatoms. The number of hydrogen-bond donors (Lipinski definition) is 4. The van der Waals surface area contributed by atoms with E-state index < -0.39 is 19.3 Å². The Morgan fingerprint density at radius 1 is 1.16 bits per heavy atom. The molecule has 0 bridgehead atoms. The van der Waals surface area contributed by atoms with E-state index >= 15 is 0 Å². The molecule has 2 aromatic rings. The zero-order valence-corrected chi connectivity index (χ0v) is 21.9. The van der Waals surface area contributed by atoms with Crippen LogP contribution >= 0.6 is 39.5 Å². The molecule has 0 heterocycles. The fourth-order valence-electron chi connectivity index (χ4n) is 2.75. The molecule has 2 rings (SSSR count). The standard InChI is InChI=1S/C21H26Br2NO7P/c1-4-5-8-30-21(26)20(32(27,28)29)24-13-9-16(22)19(17(23)10-13)31-14-6-7-18(25)15(11-14)12(2)3/h6-7,9-12,20,24-25H,4-5,8H2,1-3H3,(H2,27,28,29). The maximum absolute atomic E-state index is 12.2. The third kappa shape index (κ3) is 7.22. The van der Waals surface area contributed by atoms with E-state index in [1.54, 1.807) is 18.2 Å². The van der Waals surface area contributed by atoms with Gasteiger partial charge in [0.15, 0.2) is 5.75 Å². The SMILES string of the molecule is CCCCOC(=O)C(Nc1cc(Br)c(Oc2ccc(O)c(C(C)C)c2)c(Br)c1)P(=O)(O)O. The Morgan fingerprint density at radius 3 is 2.31 bits per heavy atom. The Labute approximate surface area is 203 Å². The van der Waals surface area contributed by atoms with Gasteiger partial charge in [-0.3, -0.25) is 4.57 Å². The fraction of sp³-hybridized carbons (Fsp3) is 0.381. The van der Waals surface area contributed by atoms with Crippen molar-refractivity contribution in [3.63, 3.8) is 0 Å². The van der Waals surface area contributed by atoms with Gasteiger partial charge in [-0.05, 0) is 74.5 Å². The Hall–Kier alpha value is -1.58. The summed E-state index contributed by atoms with van der Waals surface area (Å²) in [5.41, 5.74) is 1.00. The molecule has 0 aliphatic carbocycles. The highest BCUT2D eigenvalue weighted by atomic mass is 79.9. The normalized spacial score (nSPS) is 12.5. The summed E-state index contributed by atoms with van der Waals surface area (Å²) in [5, 5.41) is 12.6. The lowest BCUT2D eigenvalue weighted by Crippen LogP contribution is -2.31. The molecule has 2 aromatic carbocycles. The number of nitrogens with one attached hydrogen (secondary N) is 1. The summed E-state index contributed by atoms with van der Waals surface area (Å²) in [7, 11) is -4.83. The van der Waals surface area contributed by atoms with E-state index in [0.29, 0.717) is 26.9 Å². The Kier molecular flexibility index (Phi) is 9.60. The van der Waals surface area contributed by atoms with Crippen LogP contribution < -0.4 is 10.1 Å². The summed E-state index contributed by atoms with van der Waals surface area (Å²) in [6, 6.07) is 7.98. The highest BCUT2D eigenvalue weighted by Gasteiger charge is 2.37. The molecule has 0 saturated heterocycles. The number of carbonyl (C=O) groups is 1. The molecule has 0 fully saturated rings. The second kappa shape index (κ2) is 11.5. The first-order chi connectivity index (χ1) is 14.9. The van der Waals surface area contributed by atoms with E-state index in [-0.39, 0.29) is 24.0 Å². The Bertz CT molecular complexity index is 987. The van der Waals surface area contributed by atoms with Crippen molar-refractivity contribution in [2.75, 3.05) is 11.9 Å². The molecule has 4 N–H and O–H groups in total. The van der Waals surface area contributed by atoms with Gasteiger partial charge in [-0.2, -0.15) is 0 Å². The first-order valence-corrected chi connectivity index (χ1v) is 13.2. The minimum atomic E-state index is -4.83. The molecule has 0 spiro atoms. The van der Waals surface area contributed by atoms with Crippen molar-refractivity contribution in [1.82, 2.24) is 0 Å². The molecule has 1 unspecified atom stereocenters. The summed E-state index contributed by atoms with van der Waals surface area (Å²) in [6.45, 7) is 5.90. The van der Waals surface area contributed by atoms with Crippen molar-refractivity contribution in [3.05, 3.63) is 44.8 Å². The number of aromatic hydroxyl groups is 1. The van der Waals surface area contributed by atoms with Crippen molar-refractivity contribution < 1.29 is 33.7 Å². The number of esters is 1. The van der Waals surface area contributed by atoms with Gasteiger partial charge in [0.05, 0.1) is 15.6 Å². The van der Waals surface area contributed by atoms with Crippen molar-refractivity contribution in [1.29, 1.82) is 0 Å². The summed E-state index contributed by atoms with van der Waals surface area (Å²) < 4.78 is 23.7. The molecular weight excluding hydrogens is 569 g/mol. The first-order valence-electron chi connectivity index (χ1n) is 9.92. The van der Waals surface area contributed by atoms with Crippen LogP contribution in [0.15, 0.2) is 39.3 Å². The largest absolute Gasteiger partial charge is 0.508 e. The predicted octanol–water partition coefficient (Wildman–Crippen LogP) is 6.09. The smallest absolute Gasteiger partial charge is 0.359 e. The van der Waals surface area contributed by atoms with E-state index in [2.05, 4.69) is 37.2 Å². The number of phenolic OH excluding ortho intramolecular Hbond substituents is 1. The van der Waals surface area contributed by atoms with E-state index in [1.165, 1.54) is 12.1 Å². The van der Waals surface area contributed by atoms with Crippen LogP contribution in [0, 0.1) is 0 Å². The van der Waals surface area contributed by atoms with E-state index in [1.807, 2.05) is 20.8 Å². The third-order valence-electron chi connectivity index (χ3n) is 4.44. The van der Waals surface area contributed by atoms with Gasteiger partial charge in [-0.25, -0.2) is 4.79 Å². The maximum atomic E-state index is 12.2. The number of unbranched alkanes of at least 4 members (excludes halogenated alkanes) is 1. The number of carbonyl (C=O) groups excluding carboxylic acids is 1. The van der Waals surface area contributed by atoms with Crippen LogP contribution in [0.4, 0.5) is 5.69 Å². The summed E-state index contributed by atoms with van der Waals surface area (Å²) in [4.78, 5) is 31.5. The fourth-order valence-corrected chi connectivity index (χ4v) is 4.77. The highest BCUT2D eigenvalue weighted by Crippen LogP contribution is 2.45. The third-order valence-corrected chi connectivity index (χ3v) is 6.64. The molecule has 0 aromatic heterocycles. The highest BCUT2D eigenvalue weighted by molar-refractivity contribution is 9.11. The van der Waals surface area contributed by atoms with Gasteiger partial charge < -0.3 is 29.7 Å². The molecular formula is C21H26Br2NO7P. The van der Waals surface area contributed by atoms with Crippen LogP contribution in [-0.4, -0.2) is 33.3 Å². The van der Waals surface area contributed by atoms with Crippen LogP contribution in [0.1, 0.15) is 45.1 Å². The van der Waals surface area contributed by atoms with Gasteiger partial charge in [-0.15, -0.1) is 0 Å². The number of ether oxygens (including phenoxy) is 2. The average Bonchev–Trinajstić information content (AvgIpc) is 2.69. The van der Waals surface area contributed by atoms with E-state index in [9.17, 15) is 24.3 Å². The topological polar surface area (TPSA) is 125 Å². The maximum Gasteiger partial charge on any atom is 0.359 e. The second-order valence-electron chi connectivity index (χ2n) is 7.40. The van der Waals surface area contributed by atoms with Crippen LogP contribution in [0.25, 0.3) is 0 Å². The van der Waals surface area contributed by atoms with Crippen molar-refractivity contribution in [2.45, 2.75) is 45.3 Å². The molecule has 1 atom stereocenters. The molecule has 0 aliphatic heterocycles. The number of hydrogen-bond acceptors (Lipinski definition) is 6. The molecule has 0 saturated carbocycles. The Morgan fingerprint density at radius 2 is 1.78 bits per heavy atom. The van der Waals surface area contributed by atoms with Gasteiger partial charge in [0.1, 0.15) is 11.5 Å². The quantitative estimate of drug-likeness (QED) is 0.148. The monoisotopic (exact) mass is 593 g/mol. The van der Waals surface area contributed by atoms with Gasteiger partial charge in [0, 0.05) is 11.3 Å². The molecule has 0 amide bonds. The number of halogens is 2. The van der Waals surface area contributed by atoms with Crippen molar-refractivity contribution in [2.24, 2.45) is 0 Å². The van der Waals surface area contributed by atoms with Gasteiger partial charge in [0.2, 0.25) is 5.78 Å². The van der Waals surface area contributed by atoms with Crippen LogP contribution in [0.5, 0.6) is 17.2 Å². The van der Waals surface area contributed by atoms with Crippen molar-refractivity contribution in [3.8, 4) is 17.2 Å². The van der Waals surface area contributed by atoms with E-state index in [0.717, 1.165) is 12.0 Å². The lowest BCUT2D eigenvalue weighted by Gasteiger charge is -2.21. The zero-order chi connectivity index (χ0) is 24.1. The molecule has 176 valence electrons. The van der Waals surface area contributed by atoms with Gasteiger partial charge >= 0.3 is 13.6 Å². The van der Waals surface area contributed by atoms with Crippen LogP contribution in [-0.2, 0) is 14.1 Å². The first kappa shape index (κ1) is 26.7. The molecule has 8 nitrogen and oxygen atoms in total. The van der Waals surface area contributed by atoms with Gasteiger partial charge in [0.25, 0.3) is 0 Å². The second-order valence-corrected chi connectivity index (χ2v) is 10.8. The van der Waals surface area contributed by atoms with Gasteiger partial charge in [-0.1, -0.05) is 27.2 Å². The predicted molar refractivity (Wildman–Crippen MR) is 129 cm³/mol. The summed E-state index contributed by atoms with van der Waals surface area (Å²) in [6.07, 6.45) is 1.38. The van der Waals surface area contributed by atoms with E-state index in [4.69, 9.17) is 9.47 Å². The van der Waals surface area contributed by atoms with Crippen molar-refractivity contribution >= 4 is 51.1 Å². The molecule has 0 radical (unpaired) electrons. The molecule has 0 aliphatic rings.